The predicted molar refractivity (Wildman–Crippen MR) is 113 cm³/mol. The van der Waals surface area contributed by atoms with Crippen LogP contribution in [0.15, 0.2) is 41.7 Å². The molecule has 3 rings (SSSR count). The van der Waals surface area contributed by atoms with Crippen molar-refractivity contribution in [3.8, 4) is 5.75 Å². The van der Waals surface area contributed by atoms with E-state index in [1.54, 1.807) is 32.6 Å². The van der Waals surface area contributed by atoms with Crippen molar-refractivity contribution in [3.05, 3.63) is 53.0 Å². The third-order valence-corrected chi connectivity index (χ3v) is 5.58. The Bertz CT molecular complexity index is 894. The highest BCUT2D eigenvalue weighted by Crippen LogP contribution is 2.34. The maximum Gasteiger partial charge on any atom is 0.266 e. The van der Waals surface area contributed by atoms with Gasteiger partial charge in [0.25, 0.3) is 5.91 Å². The highest BCUT2D eigenvalue weighted by atomic mass is 32.2. The summed E-state index contributed by atoms with van der Waals surface area (Å²) in [5, 5.41) is 2.83. The zero-order chi connectivity index (χ0) is 20.1. The molecule has 1 aliphatic heterocycles. The molecule has 146 valence electrons. The maximum absolute atomic E-state index is 12.8. The SMILES string of the molecule is COc1ccc(C=C2SC(=S)N(C(C)C(=O)NCCc3cnc[nH]3)C2=O)cc1. The Morgan fingerprint density at radius 1 is 1.43 bits per heavy atom. The van der Waals surface area contributed by atoms with Gasteiger partial charge in [0.2, 0.25) is 5.91 Å². The first-order chi connectivity index (χ1) is 13.5. The lowest BCUT2D eigenvalue weighted by Crippen LogP contribution is -2.47. The fraction of sp³-hybridized carbons (Fsp3) is 0.263. The Morgan fingerprint density at radius 3 is 2.82 bits per heavy atom. The first kappa shape index (κ1) is 20.1. The molecule has 0 radical (unpaired) electrons. The van der Waals surface area contributed by atoms with E-state index in [1.807, 2.05) is 24.3 Å². The Kier molecular flexibility index (Phi) is 6.48. The van der Waals surface area contributed by atoms with Gasteiger partial charge in [0, 0.05) is 24.9 Å². The van der Waals surface area contributed by atoms with E-state index in [1.165, 1.54) is 16.7 Å². The van der Waals surface area contributed by atoms with E-state index in [-0.39, 0.29) is 11.8 Å². The van der Waals surface area contributed by atoms with E-state index in [0.717, 1.165) is 17.0 Å². The number of aromatic nitrogens is 2. The smallest absolute Gasteiger partial charge is 0.266 e. The van der Waals surface area contributed by atoms with Gasteiger partial charge in [-0.2, -0.15) is 0 Å². The fourth-order valence-corrected chi connectivity index (χ4v) is 4.09. The number of nitrogens with one attached hydrogen (secondary N) is 2. The Labute approximate surface area is 172 Å². The lowest BCUT2D eigenvalue weighted by Gasteiger charge is -2.22. The fourth-order valence-electron chi connectivity index (χ4n) is 2.67. The molecular weight excluding hydrogens is 396 g/mol. The number of amides is 2. The molecule has 2 aromatic rings. The van der Waals surface area contributed by atoms with Gasteiger partial charge in [0.05, 0.1) is 18.3 Å². The number of thioether (sulfide) groups is 1. The molecule has 1 aromatic heterocycles. The molecule has 28 heavy (non-hydrogen) atoms. The number of carbonyl (C=O) groups excluding carboxylic acids is 2. The third-order valence-electron chi connectivity index (χ3n) is 4.25. The number of benzene rings is 1. The van der Waals surface area contributed by atoms with Crippen LogP contribution in [0.3, 0.4) is 0 Å². The van der Waals surface area contributed by atoms with E-state index in [0.29, 0.717) is 22.2 Å². The number of hydrogen-bond donors (Lipinski definition) is 2. The third kappa shape index (κ3) is 4.60. The van der Waals surface area contributed by atoms with Gasteiger partial charge in [-0.05, 0) is 30.7 Å². The van der Waals surface area contributed by atoms with Gasteiger partial charge >= 0.3 is 0 Å². The van der Waals surface area contributed by atoms with Crippen LogP contribution in [0.25, 0.3) is 6.08 Å². The Hall–Kier alpha value is -2.65. The number of H-pyrrole nitrogens is 1. The first-order valence-corrected chi connectivity index (χ1v) is 9.88. The topological polar surface area (TPSA) is 87.3 Å². The van der Waals surface area contributed by atoms with Crippen molar-refractivity contribution in [2.75, 3.05) is 13.7 Å². The summed E-state index contributed by atoms with van der Waals surface area (Å²) in [6.07, 6.45) is 5.70. The molecule has 0 saturated carbocycles. The van der Waals surface area contributed by atoms with E-state index >= 15 is 0 Å². The summed E-state index contributed by atoms with van der Waals surface area (Å²) in [6.45, 7) is 2.12. The molecule has 2 amide bonds. The van der Waals surface area contributed by atoms with Crippen LogP contribution in [-0.2, 0) is 16.0 Å². The second kappa shape index (κ2) is 9.03. The summed E-state index contributed by atoms with van der Waals surface area (Å²) in [5.41, 5.74) is 1.79. The summed E-state index contributed by atoms with van der Waals surface area (Å²) >= 11 is 6.54. The number of aromatic amines is 1. The summed E-state index contributed by atoms with van der Waals surface area (Å²) < 4.78 is 5.51. The summed E-state index contributed by atoms with van der Waals surface area (Å²) in [6, 6.07) is 6.68. The molecule has 1 aliphatic rings. The van der Waals surface area contributed by atoms with Gasteiger partial charge in [0.15, 0.2) is 0 Å². The minimum absolute atomic E-state index is 0.249. The number of methoxy groups -OCH3 is 1. The zero-order valence-electron chi connectivity index (χ0n) is 15.5. The molecule has 1 saturated heterocycles. The number of ether oxygens (including phenoxy) is 1. The van der Waals surface area contributed by atoms with Gasteiger partial charge in [0.1, 0.15) is 16.1 Å². The van der Waals surface area contributed by atoms with Crippen LogP contribution in [0.2, 0.25) is 0 Å². The lowest BCUT2D eigenvalue weighted by atomic mass is 10.2. The van der Waals surface area contributed by atoms with Crippen molar-refractivity contribution < 1.29 is 14.3 Å². The van der Waals surface area contributed by atoms with Gasteiger partial charge in [-0.15, -0.1) is 0 Å². The number of imidazole rings is 1. The van der Waals surface area contributed by atoms with Crippen molar-refractivity contribution in [1.29, 1.82) is 0 Å². The highest BCUT2D eigenvalue weighted by Gasteiger charge is 2.38. The molecule has 1 fully saturated rings. The normalized spacial score (nSPS) is 16.5. The molecule has 7 nitrogen and oxygen atoms in total. The van der Waals surface area contributed by atoms with Crippen LogP contribution in [0.5, 0.6) is 5.75 Å². The molecule has 0 spiro atoms. The average Bonchev–Trinajstić information content (AvgIpc) is 3.30. The standard InChI is InChI=1S/C19H20N4O3S2/c1-12(17(24)21-8-7-14-10-20-11-22-14)23-18(25)16(28-19(23)27)9-13-3-5-15(26-2)6-4-13/h3-6,9-12H,7-8H2,1-2H3,(H,20,22)(H,21,24). The van der Waals surface area contributed by atoms with E-state index in [2.05, 4.69) is 15.3 Å². The van der Waals surface area contributed by atoms with Crippen LogP contribution < -0.4 is 10.1 Å². The molecule has 1 atom stereocenters. The van der Waals surface area contributed by atoms with E-state index in [9.17, 15) is 9.59 Å². The van der Waals surface area contributed by atoms with Crippen LogP contribution in [-0.4, -0.2) is 50.7 Å². The second-order valence-electron chi connectivity index (χ2n) is 6.12. The maximum atomic E-state index is 12.8. The van der Waals surface area contributed by atoms with Gasteiger partial charge in [-0.1, -0.05) is 36.1 Å². The van der Waals surface area contributed by atoms with Crippen molar-refractivity contribution in [3.63, 3.8) is 0 Å². The minimum atomic E-state index is -0.684. The van der Waals surface area contributed by atoms with Crippen LogP contribution in [0.4, 0.5) is 0 Å². The van der Waals surface area contributed by atoms with Gasteiger partial charge in [-0.25, -0.2) is 4.98 Å². The molecule has 2 heterocycles. The molecule has 1 unspecified atom stereocenters. The second-order valence-corrected chi connectivity index (χ2v) is 7.79. The first-order valence-electron chi connectivity index (χ1n) is 8.65. The molecule has 0 aliphatic carbocycles. The van der Waals surface area contributed by atoms with Gasteiger partial charge < -0.3 is 15.0 Å². The summed E-state index contributed by atoms with van der Waals surface area (Å²) in [5.74, 6) is 0.230. The average molecular weight is 417 g/mol. The molecule has 1 aromatic carbocycles. The van der Waals surface area contributed by atoms with Crippen molar-refractivity contribution in [2.24, 2.45) is 0 Å². The Balaban J connectivity index is 1.62. The number of rotatable bonds is 7. The number of hydrogen-bond acceptors (Lipinski definition) is 6. The number of thiocarbonyl (C=S) groups is 1. The van der Waals surface area contributed by atoms with Gasteiger partial charge in [-0.3, -0.25) is 14.5 Å². The minimum Gasteiger partial charge on any atom is -0.497 e. The predicted octanol–water partition coefficient (Wildman–Crippen LogP) is 2.37. The summed E-state index contributed by atoms with van der Waals surface area (Å²) in [4.78, 5) is 34.0. The van der Waals surface area contributed by atoms with Crippen molar-refractivity contribution in [1.82, 2.24) is 20.2 Å². The lowest BCUT2D eigenvalue weighted by molar-refractivity contribution is -0.132. The molecule has 0 bridgehead atoms. The molecule has 9 heteroatoms. The molecule has 2 N–H and O–H groups in total. The largest absolute Gasteiger partial charge is 0.497 e. The number of nitrogens with zero attached hydrogens (tertiary/aromatic N) is 2. The number of carbonyl (C=O) groups is 2. The van der Waals surface area contributed by atoms with Crippen LogP contribution >= 0.6 is 24.0 Å². The van der Waals surface area contributed by atoms with E-state index < -0.39 is 6.04 Å². The Morgan fingerprint density at radius 2 is 2.18 bits per heavy atom. The monoisotopic (exact) mass is 416 g/mol. The van der Waals surface area contributed by atoms with Crippen LogP contribution in [0, 0.1) is 0 Å². The van der Waals surface area contributed by atoms with E-state index in [4.69, 9.17) is 17.0 Å². The molecular formula is C19H20N4O3S2. The summed E-state index contributed by atoms with van der Waals surface area (Å²) in [7, 11) is 1.60. The zero-order valence-corrected chi connectivity index (χ0v) is 17.1. The quantitative estimate of drug-likeness (QED) is 0.532. The van der Waals surface area contributed by atoms with Crippen molar-refractivity contribution >= 4 is 46.2 Å². The van der Waals surface area contributed by atoms with Crippen LogP contribution in [0.1, 0.15) is 18.2 Å². The highest BCUT2D eigenvalue weighted by molar-refractivity contribution is 8.26. The van der Waals surface area contributed by atoms with Crippen molar-refractivity contribution in [2.45, 2.75) is 19.4 Å².